The molecule has 108 valence electrons. The summed E-state index contributed by atoms with van der Waals surface area (Å²) in [5.74, 6) is 2.24. The maximum Gasteiger partial charge on any atom is 0.251 e. The monoisotopic (exact) mass is 274 g/mol. The fraction of sp³-hybridized carbons (Fsp3) is 0.625. The number of carbonyl (C=O) groups is 1. The third-order valence-electron chi connectivity index (χ3n) is 5.12. The summed E-state index contributed by atoms with van der Waals surface area (Å²) in [4.78, 5) is 23.6. The number of aromatic nitrogens is 1. The number of nitrogens with one attached hydrogen (secondary N) is 1. The van der Waals surface area contributed by atoms with Crippen LogP contribution in [-0.4, -0.2) is 17.0 Å². The summed E-state index contributed by atoms with van der Waals surface area (Å²) >= 11 is 0. The quantitative estimate of drug-likeness (QED) is 0.916. The first-order valence-corrected chi connectivity index (χ1v) is 7.60. The molecule has 2 aliphatic carbocycles. The van der Waals surface area contributed by atoms with Crippen molar-refractivity contribution in [2.75, 3.05) is 6.54 Å². The van der Waals surface area contributed by atoms with E-state index in [4.69, 9.17) is 0 Å². The van der Waals surface area contributed by atoms with Crippen LogP contribution in [0.3, 0.4) is 0 Å². The highest BCUT2D eigenvalue weighted by molar-refractivity contribution is 5.93. The molecular formula is C16H22N2O2. The second-order valence-electron chi connectivity index (χ2n) is 6.27. The lowest BCUT2D eigenvalue weighted by Crippen LogP contribution is -2.32. The second kappa shape index (κ2) is 5.43. The Kier molecular flexibility index (Phi) is 3.64. The fourth-order valence-corrected chi connectivity index (χ4v) is 3.96. The van der Waals surface area contributed by atoms with Crippen molar-refractivity contribution in [2.45, 2.75) is 32.1 Å². The Labute approximate surface area is 119 Å². The van der Waals surface area contributed by atoms with Crippen molar-refractivity contribution in [1.29, 1.82) is 0 Å². The normalized spacial score (nSPS) is 28.4. The van der Waals surface area contributed by atoms with Crippen LogP contribution in [0.4, 0.5) is 0 Å². The number of rotatable bonds is 3. The molecule has 1 amide bonds. The number of fused-ring (bicyclic) bond motifs is 1. The average Bonchev–Trinajstić information content (AvgIpc) is 3.02. The molecule has 0 aliphatic heterocycles. The molecule has 4 heteroatoms. The first-order valence-electron chi connectivity index (χ1n) is 7.60. The molecule has 0 unspecified atom stereocenters. The van der Waals surface area contributed by atoms with Gasteiger partial charge >= 0.3 is 0 Å². The van der Waals surface area contributed by atoms with Gasteiger partial charge < -0.3 is 9.88 Å². The molecule has 2 aliphatic rings. The van der Waals surface area contributed by atoms with Crippen LogP contribution < -0.4 is 10.9 Å². The molecule has 4 nitrogen and oxygen atoms in total. The van der Waals surface area contributed by atoms with Gasteiger partial charge in [0.25, 0.3) is 11.5 Å². The topological polar surface area (TPSA) is 51.1 Å². The van der Waals surface area contributed by atoms with Crippen molar-refractivity contribution in [1.82, 2.24) is 9.88 Å². The first-order chi connectivity index (χ1) is 9.65. The molecule has 0 saturated heterocycles. The largest absolute Gasteiger partial charge is 0.352 e. The fourth-order valence-electron chi connectivity index (χ4n) is 3.96. The number of carbonyl (C=O) groups excluding carboxylic acids is 1. The summed E-state index contributed by atoms with van der Waals surface area (Å²) in [7, 11) is 1.68. The zero-order chi connectivity index (χ0) is 14.1. The smallest absolute Gasteiger partial charge is 0.251 e. The van der Waals surface area contributed by atoms with E-state index in [9.17, 15) is 9.59 Å². The van der Waals surface area contributed by atoms with E-state index >= 15 is 0 Å². The van der Waals surface area contributed by atoms with Gasteiger partial charge in [-0.25, -0.2) is 0 Å². The molecule has 0 spiro atoms. The predicted octanol–water partition coefficient (Wildman–Crippen LogP) is 1.94. The summed E-state index contributed by atoms with van der Waals surface area (Å²) in [5, 5.41) is 3.01. The molecule has 3 rings (SSSR count). The van der Waals surface area contributed by atoms with Gasteiger partial charge in [0.15, 0.2) is 0 Å². The minimum atomic E-state index is -0.144. The molecule has 1 heterocycles. The zero-order valence-corrected chi connectivity index (χ0v) is 12.0. The van der Waals surface area contributed by atoms with Crippen LogP contribution in [0.15, 0.2) is 23.1 Å². The van der Waals surface area contributed by atoms with Crippen LogP contribution >= 0.6 is 0 Å². The molecular weight excluding hydrogens is 252 g/mol. The molecule has 3 atom stereocenters. The van der Waals surface area contributed by atoms with Gasteiger partial charge in [-0.3, -0.25) is 9.59 Å². The molecule has 2 fully saturated rings. The van der Waals surface area contributed by atoms with E-state index < -0.39 is 0 Å². The van der Waals surface area contributed by atoms with E-state index in [1.165, 1.54) is 42.7 Å². The third kappa shape index (κ3) is 2.51. The van der Waals surface area contributed by atoms with Crippen molar-refractivity contribution in [3.63, 3.8) is 0 Å². The number of nitrogens with zero attached hydrogens (tertiary/aromatic N) is 1. The van der Waals surface area contributed by atoms with Gasteiger partial charge in [0.2, 0.25) is 0 Å². The Morgan fingerprint density at radius 1 is 1.35 bits per heavy atom. The molecule has 1 aromatic rings. The molecule has 1 aromatic heterocycles. The van der Waals surface area contributed by atoms with Crippen molar-refractivity contribution >= 4 is 5.91 Å². The van der Waals surface area contributed by atoms with E-state index in [2.05, 4.69) is 5.32 Å². The lowest BCUT2D eigenvalue weighted by Gasteiger charge is -2.18. The van der Waals surface area contributed by atoms with Crippen LogP contribution in [-0.2, 0) is 7.05 Å². The number of amides is 1. The number of pyridine rings is 1. The molecule has 0 bridgehead atoms. The first kappa shape index (κ1) is 13.4. The standard InChI is InChI=1S/C16H22N2O2/c1-18-8-7-12(9-15(18)19)16(20)17-10-13-6-5-11-3-2-4-14(11)13/h7-9,11,13-14H,2-6,10H2,1H3,(H,17,20)/t11-,13+,14-/m0/s1. The maximum absolute atomic E-state index is 12.1. The van der Waals surface area contributed by atoms with Gasteiger partial charge in [-0.1, -0.05) is 12.8 Å². The van der Waals surface area contributed by atoms with Crippen LogP contribution in [0.1, 0.15) is 42.5 Å². The Hall–Kier alpha value is -1.58. The summed E-state index contributed by atoms with van der Waals surface area (Å²) in [6.07, 6.45) is 8.28. The second-order valence-corrected chi connectivity index (χ2v) is 6.27. The number of hydrogen-bond donors (Lipinski definition) is 1. The van der Waals surface area contributed by atoms with Crippen molar-refractivity contribution in [2.24, 2.45) is 24.8 Å². The molecule has 20 heavy (non-hydrogen) atoms. The lowest BCUT2D eigenvalue weighted by molar-refractivity contribution is 0.0943. The lowest BCUT2D eigenvalue weighted by atomic mass is 9.92. The summed E-state index contributed by atoms with van der Waals surface area (Å²) < 4.78 is 1.47. The van der Waals surface area contributed by atoms with Crippen LogP contribution in [0.2, 0.25) is 0 Å². The summed E-state index contributed by atoms with van der Waals surface area (Å²) in [6.45, 7) is 0.759. The number of aryl methyl sites for hydroxylation is 1. The van der Waals surface area contributed by atoms with E-state index in [-0.39, 0.29) is 11.5 Å². The highest BCUT2D eigenvalue weighted by Gasteiger charge is 2.38. The van der Waals surface area contributed by atoms with Crippen LogP contribution in [0.5, 0.6) is 0 Å². The highest BCUT2D eigenvalue weighted by Crippen LogP contribution is 2.47. The zero-order valence-electron chi connectivity index (χ0n) is 12.0. The van der Waals surface area contributed by atoms with Crippen molar-refractivity contribution in [3.8, 4) is 0 Å². The van der Waals surface area contributed by atoms with Gasteiger partial charge in [-0.05, 0) is 43.1 Å². The van der Waals surface area contributed by atoms with Gasteiger partial charge in [0.1, 0.15) is 0 Å². The maximum atomic E-state index is 12.1. The van der Waals surface area contributed by atoms with Crippen molar-refractivity contribution < 1.29 is 4.79 Å². The Morgan fingerprint density at radius 3 is 3.00 bits per heavy atom. The molecule has 2 saturated carbocycles. The molecule has 0 radical (unpaired) electrons. The Balaban J connectivity index is 1.59. The van der Waals surface area contributed by atoms with E-state index in [0.29, 0.717) is 11.5 Å². The molecule has 0 aromatic carbocycles. The van der Waals surface area contributed by atoms with Crippen molar-refractivity contribution in [3.05, 3.63) is 34.2 Å². The summed E-state index contributed by atoms with van der Waals surface area (Å²) in [6, 6.07) is 3.10. The van der Waals surface area contributed by atoms with Gasteiger partial charge in [-0.15, -0.1) is 0 Å². The molecule has 1 N–H and O–H groups in total. The number of hydrogen-bond acceptors (Lipinski definition) is 2. The van der Waals surface area contributed by atoms with Gasteiger partial charge in [0.05, 0.1) is 0 Å². The average molecular weight is 274 g/mol. The summed E-state index contributed by atoms with van der Waals surface area (Å²) in [5.41, 5.74) is 0.323. The minimum Gasteiger partial charge on any atom is -0.352 e. The third-order valence-corrected chi connectivity index (χ3v) is 5.12. The van der Waals surface area contributed by atoms with Gasteiger partial charge in [0, 0.05) is 31.4 Å². The van der Waals surface area contributed by atoms with Crippen LogP contribution in [0.25, 0.3) is 0 Å². The van der Waals surface area contributed by atoms with E-state index in [1.807, 2.05) is 0 Å². The van der Waals surface area contributed by atoms with E-state index in [0.717, 1.165) is 18.4 Å². The highest BCUT2D eigenvalue weighted by atomic mass is 16.2. The SMILES string of the molecule is Cn1ccc(C(=O)NC[C@H]2CC[C@@H]3CCC[C@@H]32)cc1=O. The predicted molar refractivity (Wildman–Crippen MR) is 77.6 cm³/mol. The Morgan fingerprint density at radius 2 is 2.20 bits per heavy atom. The minimum absolute atomic E-state index is 0.121. The van der Waals surface area contributed by atoms with Crippen LogP contribution in [0, 0.1) is 17.8 Å². The van der Waals surface area contributed by atoms with E-state index in [1.54, 1.807) is 19.3 Å². The van der Waals surface area contributed by atoms with Gasteiger partial charge in [-0.2, -0.15) is 0 Å². The Bertz CT molecular complexity index is 564.